The Morgan fingerprint density at radius 1 is 1.21 bits per heavy atom. The average Bonchev–Trinajstić information content (AvgIpc) is 3.14. The van der Waals surface area contributed by atoms with Crippen molar-refractivity contribution in [2.45, 2.75) is 39.2 Å². The van der Waals surface area contributed by atoms with E-state index < -0.39 is 0 Å². The predicted octanol–water partition coefficient (Wildman–Crippen LogP) is 1.50. The molecule has 2 aromatic rings. The Labute approximate surface area is 163 Å². The number of piperazine rings is 1. The number of pyridine rings is 2. The normalized spacial score (nSPS) is 20.8. The van der Waals surface area contributed by atoms with E-state index in [1.807, 2.05) is 30.2 Å². The fourth-order valence-corrected chi connectivity index (χ4v) is 4.18. The fourth-order valence-electron chi connectivity index (χ4n) is 4.18. The van der Waals surface area contributed by atoms with Crippen molar-refractivity contribution in [3.63, 3.8) is 0 Å². The van der Waals surface area contributed by atoms with Gasteiger partial charge in [-0.25, -0.2) is 0 Å². The lowest BCUT2D eigenvalue weighted by Crippen LogP contribution is -2.49. The molecule has 0 spiro atoms. The summed E-state index contributed by atoms with van der Waals surface area (Å²) in [5.41, 5.74) is 3.32. The molecule has 3 heterocycles. The first-order valence-electron chi connectivity index (χ1n) is 10.1. The molecule has 1 amide bonds. The zero-order valence-electron chi connectivity index (χ0n) is 16.2. The topological polar surface area (TPSA) is 86.4 Å². The van der Waals surface area contributed by atoms with Gasteiger partial charge in [0.1, 0.15) is 5.78 Å². The molecule has 148 valence electrons. The highest BCUT2D eigenvalue weighted by Crippen LogP contribution is 2.24. The van der Waals surface area contributed by atoms with Gasteiger partial charge in [0.25, 0.3) is 5.56 Å². The molecule has 28 heavy (non-hydrogen) atoms. The number of carbonyl (C=O) groups is 2. The molecule has 0 aromatic carbocycles. The van der Waals surface area contributed by atoms with Crippen molar-refractivity contribution in [1.29, 1.82) is 0 Å². The van der Waals surface area contributed by atoms with Gasteiger partial charge in [0.2, 0.25) is 5.91 Å². The number of H-pyrrole nitrogens is 1. The van der Waals surface area contributed by atoms with Crippen molar-refractivity contribution in [2.24, 2.45) is 5.92 Å². The maximum absolute atomic E-state index is 12.6. The third-order valence-corrected chi connectivity index (χ3v) is 5.89. The maximum atomic E-state index is 12.6. The molecule has 0 bridgehead atoms. The lowest BCUT2D eigenvalue weighted by Gasteiger charge is -2.35. The largest absolute Gasteiger partial charge is 0.340 e. The Morgan fingerprint density at radius 3 is 2.68 bits per heavy atom. The summed E-state index contributed by atoms with van der Waals surface area (Å²) in [5, 5.41) is 0. The number of aromatic amines is 1. The van der Waals surface area contributed by atoms with Gasteiger partial charge in [-0.15, -0.1) is 0 Å². The molecule has 1 saturated heterocycles. The molecular formula is C21H26N4O3. The van der Waals surface area contributed by atoms with Crippen LogP contribution in [0, 0.1) is 5.92 Å². The summed E-state index contributed by atoms with van der Waals surface area (Å²) in [6, 6.07) is 3.85. The summed E-state index contributed by atoms with van der Waals surface area (Å²) in [6.45, 7) is 5.69. The molecule has 1 aliphatic carbocycles. The molecule has 7 nitrogen and oxygen atoms in total. The number of aromatic nitrogens is 2. The van der Waals surface area contributed by atoms with Crippen LogP contribution in [0.2, 0.25) is 0 Å². The first-order chi connectivity index (χ1) is 13.5. The van der Waals surface area contributed by atoms with Crippen molar-refractivity contribution in [2.75, 3.05) is 26.2 Å². The molecule has 1 aliphatic heterocycles. The molecule has 1 atom stereocenters. The van der Waals surface area contributed by atoms with Crippen LogP contribution in [0.15, 0.2) is 23.1 Å². The standard InChI is InChI=1S/C21H26N4O3/c1-2-15-11-18-19(23-20(15)27)9-14(12-22-18)13-24-5-7-25(8-6-24)21(28)16-3-4-17(26)10-16/h9,11-12,16H,2-8,10,13H2,1H3,(H,23,27)/t16-/m0/s1. The van der Waals surface area contributed by atoms with E-state index in [4.69, 9.17) is 0 Å². The van der Waals surface area contributed by atoms with E-state index >= 15 is 0 Å². The second-order valence-corrected chi connectivity index (χ2v) is 7.83. The number of carbonyl (C=O) groups excluding carboxylic acids is 2. The van der Waals surface area contributed by atoms with Crippen LogP contribution in [0.5, 0.6) is 0 Å². The van der Waals surface area contributed by atoms with Gasteiger partial charge < -0.3 is 9.88 Å². The van der Waals surface area contributed by atoms with E-state index in [1.165, 1.54) is 0 Å². The minimum Gasteiger partial charge on any atom is -0.340 e. The summed E-state index contributed by atoms with van der Waals surface area (Å²) in [7, 11) is 0. The fraction of sp³-hybridized carbons (Fsp3) is 0.524. The van der Waals surface area contributed by atoms with E-state index in [0.717, 1.165) is 41.8 Å². The number of aryl methyl sites for hydroxylation is 1. The highest BCUT2D eigenvalue weighted by molar-refractivity contribution is 5.90. The smallest absolute Gasteiger partial charge is 0.251 e. The number of ketones is 1. The number of nitrogens with one attached hydrogen (secondary N) is 1. The molecule has 0 unspecified atom stereocenters. The number of Topliss-reactive ketones (excluding diaryl/α,β-unsaturated/α-hetero) is 1. The molecule has 1 saturated carbocycles. The minimum absolute atomic E-state index is 0.0496. The van der Waals surface area contributed by atoms with Crippen LogP contribution >= 0.6 is 0 Å². The summed E-state index contributed by atoms with van der Waals surface area (Å²) in [4.78, 5) is 47.7. The Hall–Kier alpha value is -2.54. The van der Waals surface area contributed by atoms with E-state index in [1.54, 1.807) is 0 Å². The Morgan fingerprint density at radius 2 is 2.00 bits per heavy atom. The Kier molecular flexibility index (Phi) is 5.26. The summed E-state index contributed by atoms with van der Waals surface area (Å²) >= 11 is 0. The summed E-state index contributed by atoms with van der Waals surface area (Å²) in [5.74, 6) is 0.251. The zero-order valence-corrected chi connectivity index (χ0v) is 16.2. The summed E-state index contributed by atoms with van der Waals surface area (Å²) < 4.78 is 0. The molecule has 2 fully saturated rings. The molecule has 4 rings (SSSR count). The quantitative estimate of drug-likeness (QED) is 0.866. The summed E-state index contributed by atoms with van der Waals surface area (Å²) in [6.07, 6.45) is 4.22. The van der Waals surface area contributed by atoms with E-state index in [2.05, 4.69) is 14.9 Å². The van der Waals surface area contributed by atoms with E-state index in [-0.39, 0.29) is 23.2 Å². The SMILES string of the molecule is CCc1cc2ncc(CN3CCN(C(=O)[C@H]4CCC(=O)C4)CC3)cc2[nH]c1=O. The molecule has 2 aromatic heterocycles. The highest BCUT2D eigenvalue weighted by atomic mass is 16.2. The van der Waals surface area contributed by atoms with Crippen LogP contribution in [0.25, 0.3) is 11.0 Å². The highest BCUT2D eigenvalue weighted by Gasteiger charge is 2.32. The Bertz CT molecular complexity index is 960. The molecule has 0 radical (unpaired) electrons. The number of nitrogens with zero attached hydrogens (tertiary/aromatic N) is 3. The number of amides is 1. The van der Waals surface area contributed by atoms with Crippen molar-refractivity contribution >= 4 is 22.7 Å². The van der Waals surface area contributed by atoms with Crippen molar-refractivity contribution in [3.05, 3.63) is 39.8 Å². The number of fused-ring (bicyclic) bond motifs is 1. The van der Waals surface area contributed by atoms with Crippen LogP contribution < -0.4 is 5.56 Å². The molecule has 2 aliphatic rings. The van der Waals surface area contributed by atoms with Crippen molar-refractivity contribution in [3.8, 4) is 0 Å². The van der Waals surface area contributed by atoms with Crippen LogP contribution in [0.4, 0.5) is 0 Å². The molecule has 7 heteroatoms. The van der Waals surface area contributed by atoms with Crippen LogP contribution in [-0.2, 0) is 22.6 Å². The predicted molar refractivity (Wildman–Crippen MR) is 106 cm³/mol. The van der Waals surface area contributed by atoms with Crippen molar-refractivity contribution < 1.29 is 9.59 Å². The van der Waals surface area contributed by atoms with Crippen LogP contribution in [-0.4, -0.2) is 57.6 Å². The monoisotopic (exact) mass is 382 g/mol. The van der Waals surface area contributed by atoms with Gasteiger partial charge in [0.15, 0.2) is 0 Å². The van der Waals surface area contributed by atoms with E-state index in [9.17, 15) is 14.4 Å². The number of hydrogen-bond donors (Lipinski definition) is 1. The molecule has 1 N–H and O–H groups in total. The van der Waals surface area contributed by atoms with Gasteiger partial charge >= 0.3 is 0 Å². The second-order valence-electron chi connectivity index (χ2n) is 7.83. The van der Waals surface area contributed by atoms with Gasteiger partial charge in [-0.3, -0.25) is 24.3 Å². The minimum atomic E-state index is -0.103. The van der Waals surface area contributed by atoms with Crippen LogP contribution in [0.1, 0.15) is 37.3 Å². The zero-order chi connectivity index (χ0) is 19.7. The van der Waals surface area contributed by atoms with E-state index in [0.29, 0.717) is 38.8 Å². The number of rotatable bonds is 4. The van der Waals surface area contributed by atoms with Gasteiger partial charge in [-0.1, -0.05) is 6.92 Å². The first kappa shape index (κ1) is 18.8. The second kappa shape index (κ2) is 7.83. The lowest BCUT2D eigenvalue weighted by molar-refractivity contribution is -0.137. The maximum Gasteiger partial charge on any atom is 0.251 e. The van der Waals surface area contributed by atoms with Crippen molar-refractivity contribution in [1.82, 2.24) is 19.8 Å². The number of hydrogen-bond acceptors (Lipinski definition) is 5. The van der Waals surface area contributed by atoms with Gasteiger partial charge in [-0.2, -0.15) is 0 Å². The first-order valence-corrected chi connectivity index (χ1v) is 10.1. The van der Waals surface area contributed by atoms with Gasteiger partial charge in [-0.05, 0) is 30.5 Å². The Balaban J connectivity index is 1.37. The van der Waals surface area contributed by atoms with Gasteiger partial charge in [0.05, 0.1) is 11.0 Å². The lowest BCUT2D eigenvalue weighted by atomic mass is 10.1. The molecular weight excluding hydrogens is 356 g/mol. The third-order valence-electron chi connectivity index (χ3n) is 5.89. The average molecular weight is 382 g/mol. The van der Waals surface area contributed by atoms with Gasteiger partial charge in [0, 0.05) is 63.2 Å². The van der Waals surface area contributed by atoms with Crippen LogP contribution in [0.3, 0.4) is 0 Å². The third kappa shape index (κ3) is 3.85.